The number of nitrogen functional groups attached to an aromatic ring is 1. The van der Waals surface area contributed by atoms with Crippen LogP contribution in [0.25, 0.3) is 0 Å². The molecule has 1 saturated heterocycles. The molecule has 4 nitrogen and oxygen atoms in total. The predicted molar refractivity (Wildman–Crippen MR) is 64.2 cm³/mol. The van der Waals surface area contributed by atoms with Crippen LogP contribution < -0.4 is 5.73 Å². The van der Waals surface area contributed by atoms with Crippen molar-refractivity contribution in [3.63, 3.8) is 0 Å². The fraction of sp³-hybridized carbons (Fsp3) is 0.455. The van der Waals surface area contributed by atoms with Gasteiger partial charge in [-0.1, -0.05) is 0 Å². The molecule has 0 amide bonds. The van der Waals surface area contributed by atoms with Gasteiger partial charge in [-0.2, -0.15) is 17.5 Å². The summed E-state index contributed by atoms with van der Waals surface area (Å²) in [4.78, 5) is -0.707. The molecule has 118 valence electrons. The van der Waals surface area contributed by atoms with Crippen molar-refractivity contribution in [2.75, 3.05) is 18.8 Å². The second kappa shape index (κ2) is 4.80. The maximum Gasteiger partial charge on any atom is 0.418 e. The molecule has 0 saturated carbocycles. The van der Waals surface area contributed by atoms with E-state index in [1.807, 2.05) is 0 Å². The van der Waals surface area contributed by atoms with Gasteiger partial charge in [0.1, 0.15) is 0 Å². The molecule has 1 aromatic rings. The summed E-state index contributed by atoms with van der Waals surface area (Å²) >= 11 is 0. The molecule has 0 bridgehead atoms. The number of hydrogen-bond acceptors (Lipinski definition) is 3. The molecule has 0 unspecified atom stereocenters. The largest absolute Gasteiger partial charge is 0.418 e. The van der Waals surface area contributed by atoms with Crippen molar-refractivity contribution < 1.29 is 30.4 Å². The van der Waals surface area contributed by atoms with Crippen molar-refractivity contribution in [1.82, 2.24) is 4.31 Å². The van der Waals surface area contributed by atoms with E-state index >= 15 is 0 Å². The van der Waals surface area contributed by atoms with E-state index in [0.29, 0.717) is 10.4 Å². The Morgan fingerprint density at radius 1 is 1.24 bits per heavy atom. The molecule has 0 aliphatic carbocycles. The van der Waals surface area contributed by atoms with Gasteiger partial charge in [0.05, 0.1) is 17.0 Å². The quantitative estimate of drug-likeness (QED) is 0.669. The van der Waals surface area contributed by atoms with Crippen molar-refractivity contribution in [3.05, 3.63) is 23.8 Å². The van der Waals surface area contributed by atoms with Crippen LogP contribution in [0.4, 0.5) is 27.6 Å². The van der Waals surface area contributed by atoms with Gasteiger partial charge in [-0.25, -0.2) is 17.2 Å². The minimum absolute atomic E-state index is 0.362. The first kappa shape index (κ1) is 16.0. The van der Waals surface area contributed by atoms with Crippen LogP contribution in [0.1, 0.15) is 12.0 Å². The molecule has 0 radical (unpaired) electrons. The van der Waals surface area contributed by atoms with Crippen LogP contribution in [0.2, 0.25) is 0 Å². The number of benzene rings is 1. The first-order chi connectivity index (χ1) is 9.43. The minimum Gasteiger partial charge on any atom is -0.398 e. The van der Waals surface area contributed by atoms with Gasteiger partial charge >= 0.3 is 6.18 Å². The predicted octanol–water partition coefficient (Wildman–Crippen LogP) is 2.32. The van der Waals surface area contributed by atoms with E-state index in [9.17, 15) is 30.4 Å². The molecular formula is C11H11F5N2O2S. The summed E-state index contributed by atoms with van der Waals surface area (Å²) in [5, 5.41) is 0. The highest BCUT2D eigenvalue weighted by molar-refractivity contribution is 7.89. The van der Waals surface area contributed by atoms with Crippen LogP contribution in [0.15, 0.2) is 23.1 Å². The Hall–Kier alpha value is -1.42. The molecule has 1 aromatic carbocycles. The summed E-state index contributed by atoms with van der Waals surface area (Å²) in [6.07, 6.45) is -5.49. The summed E-state index contributed by atoms with van der Waals surface area (Å²) in [6, 6.07) is 2.03. The lowest BCUT2D eigenvalue weighted by Gasteiger charge is -2.18. The number of rotatable bonds is 2. The van der Waals surface area contributed by atoms with Crippen LogP contribution in [-0.2, 0) is 16.2 Å². The molecule has 2 rings (SSSR count). The first-order valence-electron chi connectivity index (χ1n) is 5.78. The van der Waals surface area contributed by atoms with Crippen LogP contribution in [-0.4, -0.2) is 31.7 Å². The average Bonchev–Trinajstić information content (AvgIpc) is 2.69. The molecule has 0 aromatic heterocycles. The Labute approximate surface area is 117 Å². The third kappa shape index (κ3) is 3.10. The second-order valence-corrected chi connectivity index (χ2v) is 6.63. The second-order valence-electron chi connectivity index (χ2n) is 4.69. The van der Waals surface area contributed by atoms with Gasteiger partial charge in [0, 0.05) is 18.7 Å². The Morgan fingerprint density at radius 3 is 2.33 bits per heavy atom. The summed E-state index contributed by atoms with van der Waals surface area (Å²) in [6.45, 7) is -1.48. The molecular weight excluding hydrogens is 319 g/mol. The van der Waals surface area contributed by atoms with E-state index in [0.717, 1.165) is 12.1 Å². The van der Waals surface area contributed by atoms with E-state index in [2.05, 4.69) is 0 Å². The van der Waals surface area contributed by atoms with Crippen molar-refractivity contribution in [1.29, 1.82) is 0 Å². The Bertz CT molecular complexity index is 657. The Morgan fingerprint density at radius 2 is 1.86 bits per heavy atom. The smallest absolute Gasteiger partial charge is 0.398 e. The highest BCUT2D eigenvalue weighted by atomic mass is 32.2. The summed E-state index contributed by atoms with van der Waals surface area (Å²) in [7, 11) is -4.41. The third-order valence-electron chi connectivity index (χ3n) is 3.10. The van der Waals surface area contributed by atoms with Gasteiger partial charge < -0.3 is 5.73 Å². The average molecular weight is 330 g/mol. The Kier molecular flexibility index (Phi) is 3.65. The van der Waals surface area contributed by atoms with E-state index < -0.39 is 57.8 Å². The molecule has 21 heavy (non-hydrogen) atoms. The lowest BCUT2D eigenvalue weighted by Crippen LogP contribution is -2.31. The SMILES string of the molecule is Nc1ccc(S(=O)(=O)N2CCC(F)(F)C2)cc1C(F)(F)F. The van der Waals surface area contributed by atoms with Crippen LogP contribution >= 0.6 is 0 Å². The van der Waals surface area contributed by atoms with Crippen LogP contribution in [0, 0.1) is 0 Å². The van der Waals surface area contributed by atoms with E-state index in [-0.39, 0.29) is 0 Å². The van der Waals surface area contributed by atoms with Crippen LogP contribution in [0.3, 0.4) is 0 Å². The molecule has 2 N–H and O–H groups in total. The zero-order valence-corrected chi connectivity index (χ0v) is 11.3. The summed E-state index contributed by atoms with van der Waals surface area (Å²) in [5.74, 6) is -3.17. The molecule has 10 heteroatoms. The number of anilines is 1. The molecule has 0 atom stereocenters. The van der Waals surface area contributed by atoms with Gasteiger partial charge in [0.15, 0.2) is 0 Å². The third-order valence-corrected chi connectivity index (χ3v) is 4.94. The van der Waals surface area contributed by atoms with Gasteiger partial charge in [-0.3, -0.25) is 0 Å². The topological polar surface area (TPSA) is 63.4 Å². The van der Waals surface area contributed by atoms with Crippen LogP contribution in [0.5, 0.6) is 0 Å². The number of sulfonamides is 1. The zero-order valence-electron chi connectivity index (χ0n) is 10.5. The molecule has 0 spiro atoms. The molecule has 1 aliphatic heterocycles. The van der Waals surface area contributed by atoms with Gasteiger partial charge in [0.25, 0.3) is 5.92 Å². The van der Waals surface area contributed by atoms with Crippen molar-refractivity contribution in [3.8, 4) is 0 Å². The van der Waals surface area contributed by atoms with Gasteiger partial charge in [-0.05, 0) is 18.2 Å². The van der Waals surface area contributed by atoms with Gasteiger partial charge in [-0.15, -0.1) is 0 Å². The number of nitrogens with zero attached hydrogens (tertiary/aromatic N) is 1. The van der Waals surface area contributed by atoms with Crippen molar-refractivity contribution in [2.45, 2.75) is 23.4 Å². The molecule has 1 heterocycles. The first-order valence-corrected chi connectivity index (χ1v) is 7.22. The highest BCUT2D eigenvalue weighted by Gasteiger charge is 2.44. The number of halogens is 5. The normalized spacial score (nSPS) is 19.9. The standard InChI is InChI=1S/C11H11F5N2O2S/c12-10(13)3-4-18(6-10)21(19,20)7-1-2-9(17)8(5-7)11(14,15)16/h1-2,5H,3-4,6,17H2. The molecule has 1 fully saturated rings. The molecule has 1 aliphatic rings. The lowest BCUT2D eigenvalue weighted by atomic mass is 10.2. The zero-order chi connectivity index (χ0) is 16.1. The monoisotopic (exact) mass is 330 g/mol. The minimum atomic E-state index is -4.83. The van der Waals surface area contributed by atoms with E-state index in [1.165, 1.54) is 0 Å². The Balaban J connectivity index is 2.43. The van der Waals surface area contributed by atoms with Gasteiger partial charge in [0.2, 0.25) is 10.0 Å². The van der Waals surface area contributed by atoms with Crippen molar-refractivity contribution >= 4 is 15.7 Å². The maximum atomic E-state index is 13.1. The summed E-state index contributed by atoms with van der Waals surface area (Å²) in [5.41, 5.74) is 3.23. The highest BCUT2D eigenvalue weighted by Crippen LogP contribution is 2.36. The fourth-order valence-electron chi connectivity index (χ4n) is 2.00. The van der Waals surface area contributed by atoms with E-state index in [4.69, 9.17) is 5.73 Å². The number of hydrogen-bond donors (Lipinski definition) is 1. The van der Waals surface area contributed by atoms with E-state index in [1.54, 1.807) is 0 Å². The number of alkyl halides is 5. The van der Waals surface area contributed by atoms with Crippen molar-refractivity contribution in [2.24, 2.45) is 0 Å². The maximum absolute atomic E-state index is 13.1. The number of nitrogens with two attached hydrogens (primary N) is 1. The fourth-order valence-corrected chi connectivity index (χ4v) is 3.50. The lowest BCUT2D eigenvalue weighted by molar-refractivity contribution is -0.137. The summed E-state index contributed by atoms with van der Waals surface area (Å²) < 4.78 is 88.9.